The molecule has 0 spiro atoms. The van der Waals surface area contributed by atoms with E-state index in [9.17, 15) is 9.59 Å². The van der Waals surface area contributed by atoms with Crippen LogP contribution in [0.4, 0.5) is 5.69 Å². The fourth-order valence-corrected chi connectivity index (χ4v) is 2.24. The molecule has 5 nitrogen and oxygen atoms in total. The molecule has 5 heteroatoms. The summed E-state index contributed by atoms with van der Waals surface area (Å²) in [5, 5.41) is 11.2. The van der Waals surface area contributed by atoms with Crippen LogP contribution in [0.1, 0.15) is 18.4 Å². The predicted octanol–water partition coefficient (Wildman–Crippen LogP) is 0.464. The van der Waals surface area contributed by atoms with E-state index in [1.165, 1.54) is 0 Å². The summed E-state index contributed by atoms with van der Waals surface area (Å²) < 4.78 is 0. The first kappa shape index (κ1) is 13.5. The number of rotatable bonds is 5. The van der Waals surface area contributed by atoms with Gasteiger partial charge in [0.1, 0.15) is 0 Å². The largest absolute Gasteiger partial charge is 0.395 e. The molecule has 0 unspecified atom stereocenters. The first-order valence-electron chi connectivity index (χ1n) is 6.48. The Kier molecular flexibility index (Phi) is 4.52. The summed E-state index contributed by atoms with van der Waals surface area (Å²) in [6.45, 7) is 0.563. The molecule has 2 rings (SSSR count). The van der Waals surface area contributed by atoms with Gasteiger partial charge in [-0.05, 0) is 18.1 Å². The number of aliphatic hydroxyl groups is 1. The summed E-state index contributed by atoms with van der Waals surface area (Å²) in [6, 6.07) is 7.79. The summed E-state index contributed by atoms with van der Waals surface area (Å²) in [5.74, 6) is -0.0847. The van der Waals surface area contributed by atoms with Gasteiger partial charge in [0.25, 0.3) is 0 Å². The van der Waals surface area contributed by atoms with Crippen LogP contribution in [-0.2, 0) is 16.0 Å². The molecule has 2 amide bonds. The van der Waals surface area contributed by atoms with Crippen LogP contribution in [0.15, 0.2) is 24.3 Å². The molecule has 1 aromatic rings. The van der Waals surface area contributed by atoms with Crippen LogP contribution in [0, 0.1) is 0 Å². The smallest absolute Gasteiger partial charge is 0.227 e. The number of nitrogens with zero attached hydrogens (tertiary/aromatic N) is 1. The maximum atomic E-state index is 11.9. The van der Waals surface area contributed by atoms with Crippen molar-refractivity contribution in [3.8, 4) is 0 Å². The molecular weight excluding hydrogens is 244 g/mol. The zero-order valence-electron chi connectivity index (χ0n) is 10.8. The molecule has 102 valence electrons. The van der Waals surface area contributed by atoms with Gasteiger partial charge in [0.2, 0.25) is 11.8 Å². The van der Waals surface area contributed by atoms with Crippen LogP contribution >= 0.6 is 0 Å². The topological polar surface area (TPSA) is 69.6 Å². The third kappa shape index (κ3) is 3.32. The lowest BCUT2D eigenvalue weighted by Gasteiger charge is -2.29. The molecule has 0 bridgehead atoms. The van der Waals surface area contributed by atoms with Crippen molar-refractivity contribution in [1.82, 2.24) is 5.32 Å². The average molecular weight is 262 g/mol. The van der Waals surface area contributed by atoms with Crippen molar-refractivity contribution < 1.29 is 14.7 Å². The van der Waals surface area contributed by atoms with Gasteiger partial charge in [0.15, 0.2) is 0 Å². The maximum Gasteiger partial charge on any atom is 0.227 e. The highest BCUT2D eigenvalue weighted by molar-refractivity contribution is 5.96. The highest BCUT2D eigenvalue weighted by Crippen LogP contribution is 2.27. The number of carbonyl (C=O) groups is 2. The number of para-hydroxylation sites is 1. The number of hydrogen-bond donors (Lipinski definition) is 2. The third-order valence-electron chi connectivity index (χ3n) is 3.19. The first-order valence-corrected chi connectivity index (χ1v) is 6.48. The lowest BCUT2D eigenvalue weighted by atomic mass is 10.0. The first-order chi connectivity index (χ1) is 9.22. The van der Waals surface area contributed by atoms with Crippen molar-refractivity contribution in [3.63, 3.8) is 0 Å². The van der Waals surface area contributed by atoms with E-state index in [1.54, 1.807) is 4.90 Å². The Morgan fingerprint density at radius 2 is 2.11 bits per heavy atom. The van der Waals surface area contributed by atoms with Crippen molar-refractivity contribution in [3.05, 3.63) is 29.8 Å². The average Bonchev–Trinajstić information content (AvgIpc) is 2.44. The van der Waals surface area contributed by atoms with Crippen LogP contribution in [0.25, 0.3) is 0 Å². The number of amides is 2. The minimum atomic E-state index is -0.148. The third-order valence-corrected chi connectivity index (χ3v) is 3.19. The van der Waals surface area contributed by atoms with Gasteiger partial charge in [-0.15, -0.1) is 0 Å². The quantitative estimate of drug-likeness (QED) is 0.810. The summed E-state index contributed by atoms with van der Waals surface area (Å²) in [7, 11) is 0. The number of fused-ring (bicyclic) bond motifs is 1. The summed E-state index contributed by atoms with van der Waals surface area (Å²) in [5.41, 5.74) is 2.06. The van der Waals surface area contributed by atoms with Crippen molar-refractivity contribution in [2.45, 2.75) is 19.3 Å². The molecule has 1 heterocycles. The van der Waals surface area contributed by atoms with Gasteiger partial charge in [0.05, 0.1) is 6.61 Å². The minimum absolute atomic E-state index is 0.0636. The fourth-order valence-electron chi connectivity index (χ4n) is 2.24. The molecular formula is C14H18N2O3. The molecule has 0 saturated heterocycles. The molecule has 1 aromatic carbocycles. The highest BCUT2D eigenvalue weighted by atomic mass is 16.3. The van der Waals surface area contributed by atoms with E-state index in [-0.39, 0.29) is 31.4 Å². The molecule has 0 aliphatic carbocycles. The number of aryl methyl sites for hydroxylation is 1. The molecule has 1 aliphatic heterocycles. The van der Waals surface area contributed by atoms with Gasteiger partial charge in [-0.25, -0.2) is 0 Å². The molecule has 0 saturated carbocycles. The van der Waals surface area contributed by atoms with Gasteiger partial charge in [-0.3, -0.25) is 9.59 Å². The van der Waals surface area contributed by atoms with Crippen LogP contribution < -0.4 is 10.2 Å². The Hall–Kier alpha value is -1.88. The summed E-state index contributed by atoms with van der Waals surface area (Å²) in [6.07, 6.45) is 1.51. The molecule has 0 radical (unpaired) electrons. The van der Waals surface area contributed by atoms with Gasteiger partial charge in [0, 0.05) is 31.6 Å². The number of anilines is 1. The SMILES string of the molecule is O=C(CCN1C(=O)CCc2ccccc21)NCCO. The standard InChI is InChI=1S/C14H18N2O3/c17-10-8-15-13(18)7-9-16-12-4-2-1-3-11(12)5-6-14(16)19/h1-4,17H,5-10H2,(H,15,18). The van der Waals surface area contributed by atoms with Gasteiger partial charge in [-0.1, -0.05) is 18.2 Å². The fraction of sp³-hybridized carbons (Fsp3) is 0.429. The number of carbonyl (C=O) groups excluding carboxylic acids is 2. The van der Waals surface area contributed by atoms with E-state index in [4.69, 9.17) is 5.11 Å². The normalized spacial score (nSPS) is 14.2. The lowest BCUT2D eigenvalue weighted by molar-refractivity contribution is -0.121. The second-order valence-corrected chi connectivity index (χ2v) is 4.50. The second-order valence-electron chi connectivity index (χ2n) is 4.50. The maximum absolute atomic E-state index is 11.9. The van der Waals surface area contributed by atoms with Gasteiger partial charge < -0.3 is 15.3 Å². The number of hydrogen-bond acceptors (Lipinski definition) is 3. The van der Waals surface area contributed by atoms with Gasteiger partial charge in [-0.2, -0.15) is 0 Å². The Bertz CT molecular complexity index is 474. The molecule has 2 N–H and O–H groups in total. The Morgan fingerprint density at radius 1 is 1.32 bits per heavy atom. The highest BCUT2D eigenvalue weighted by Gasteiger charge is 2.23. The summed E-state index contributed by atoms with van der Waals surface area (Å²) in [4.78, 5) is 25.1. The van der Waals surface area contributed by atoms with Crippen molar-refractivity contribution >= 4 is 17.5 Å². The van der Waals surface area contributed by atoms with Crippen LogP contribution in [-0.4, -0.2) is 36.6 Å². The van der Waals surface area contributed by atoms with Crippen LogP contribution in [0.3, 0.4) is 0 Å². The molecule has 1 aliphatic rings. The van der Waals surface area contributed by atoms with Crippen molar-refractivity contribution in [1.29, 1.82) is 0 Å². The zero-order valence-corrected chi connectivity index (χ0v) is 10.8. The van der Waals surface area contributed by atoms with E-state index in [2.05, 4.69) is 5.32 Å². The van der Waals surface area contributed by atoms with E-state index in [1.807, 2.05) is 24.3 Å². The predicted molar refractivity (Wildman–Crippen MR) is 71.8 cm³/mol. The van der Waals surface area contributed by atoms with E-state index >= 15 is 0 Å². The minimum Gasteiger partial charge on any atom is -0.395 e. The summed E-state index contributed by atoms with van der Waals surface area (Å²) >= 11 is 0. The zero-order chi connectivity index (χ0) is 13.7. The molecule has 19 heavy (non-hydrogen) atoms. The molecule has 0 atom stereocenters. The van der Waals surface area contributed by atoms with E-state index in [0.717, 1.165) is 17.7 Å². The second kappa shape index (κ2) is 6.33. The Morgan fingerprint density at radius 3 is 2.89 bits per heavy atom. The van der Waals surface area contributed by atoms with Crippen LogP contribution in [0.2, 0.25) is 0 Å². The number of benzene rings is 1. The molecule has 0 aromatic heterocycles. The van der Waals surface area contributed by atoms with E-state index < -0.39 is 0 Å². The number of aliphatic hydroxyl groups excluding tert-OH is 1. The Labute approximate surface area is 112 Å². The Balaban J connectivity index is 1.99. The number of nitrogens with one attached hydrogen (secondary N) is 1. The molecule has 0 fully saturated rings. The van der Waals surface area contributed by atoms with E-state index in [0.29, 0.717) is 13.0 Å². The van der Waals surface area contributed by atoms with Crippen molar-refractivity contribution in [2.24, 2.45) is 0 Å². The van der Waals surface area contributed by atoms with Crippen LogP contribution in [0.5, 0.6) is 0 Å². The van der Waals surface area contributed by atoms with Gasteiger partial charge >= 0.3 is 0 Å². The monoisotopic (exact) mass is 262 g/mol. The lowest BCUT2D eigenvalue weighted by Crippen LogP contribution is -2.38. The van der Waals surface area contributed by atoms with Crippen molar-refractivity contribution in [2.75, 3.05) is 24.6 Å².